The lowest BCUT2D eigenvalue weighted by Gasteiger charge is -2.04. The van der Waals surface area contributed by atoms with E-state index in [1.165, 1.54) is 12.1 Å². The fourth-order valence-electron chi connectivity index (χ4n) is 0.680. The van der Waals surface area contributed by atoms with Crippen molar-refractivity contribution < 1.29 is 17.7 Å². The number of hydrogen-bond acceptors (Lipinski definition) is 4. The summed E-state index contributed by atoms with van der Waals surface area (Å²) < 4.78 is 25.2. The van der Waals surface area contributed by atoms with Gasteiger partial charge in [-0.05, 0) is 12.1 Å². The van der Waals surface area contributed by atoms with Gasteiger partial charge in [0.15, 0.2) is 11.5 Å². The molecule has 0 fully saturated rings. The van der Waals surface area contributed by atoms with Crippen molar-refractivity contribution in [3.63, 3.8) is 0 Å². The molecule has 0 aliphatic heterocycles. The molecule has 3 N–H and O–H groups in total. The summed E-state index contributed by atoms with van der Waals surface area (Å²) in [5.74, 6) is -0.645. The molecule has 1 aromatic rings. The van der Waals surface area contributed by atoms with Crippen LogP contribution >= 0.6 is 11.6 Å². The smallest absolute Gasteiger partial charge is 0.380 e. The largest absolute Gasteiger partial charge is 0.504 e. The second kappa shape index (κ2) is 3.41. The zero-order valence-corrected chi connectivity index (χ0v) is 7.84. The van der Waals surface area contributed by atoms with E-state index in [0.717, 1.165) is 6.07 Å². The van der Waals surface area contributed by atoms with Gasteiger partial charge in [-0.1, -0.05) is 11.6 Å². The lowest BCUT2D eigenvalue weighted by atomic mass is 10.3. The second-order valence-electron chi connectivity index (χ2n) is 2.19. The summed E-state index contributed by atoms with van der Waals surface area (Å²) in [7, 11) is -4.14. The normalized spacial score (nSPS) is 11.2. The van der Waals surface area contributed by atoms with Crippen molar-refractivity contribution in [2.75, 3.05) is 0 Å². The van der Waals surface area contributed by atoms with Crippen molar-refractivity contribution in [1.82, 2.24) is 0 Å². The van der Waals surface area contributed by atoms with Gasteiger partial charge in [-0.15, -0.1) is 0 Å². The lowest BCUT2D eigenvalue weighted by molar-refractivity contribution is 0.429. The molecule has 0 atom stereocenters. The Bertz CT molecular complexity index is 417. The number of aromatic hydroxyl groups is 1. The van der Waals surface area contributed by atoms with Crippen LogP contribution in [-0.2, 0) is 10.3 Å². The topological polar surface area (TPSA) is 89.6 Å². The predicted molar refractivity (Wildman–Crippen MR) is 46.9 cm³/mol. The summed E-state index contributed by atoms with van der Waals surface area (Å²) >= 11 is 5.52. The van der Waals surface area contributed by atoms with Crippen molar-refractivity contribution in [3.05, 3.63) is 23.2 Å². The van der Waals surface area contributed by atoms with E-state index in [4.69, 9.17) is 16.7 Å². The number of hydrogen-bond donors (Lipinski definition) is 2. The number of benzene rings is 1. The number of nitrogens with two attached hydrogens (primary N) is 1. The summed E-state index contributed by atoms with van der Waals surface area (Å²) in [6, 6.07) is 3.72. The number of halogens is 1. The van der Waals surface area contributed by atoms with E-state index in [9.17, 15) is 8.42 Å². The summed E-state index contributed by atoms with van der Waals surface area (Å²) in [6.07, 6.45) is 0. The van der Waals surface area contributed by atoms with Gasteiger partial charge in [0.05, 0.1) is 0 Å². The second-order valence-corrected chi connectivity index (χ2v) is 3.78. The molecular formula is C6H6ClNO4S. The first kappa shape index (κ1) is 10.1. The van der Waals surface area contributed by atoms with E-state index >= 15 is 0 Å². The molecule has 0 bridgehead atoms. The van der Waals surface area contributed by atoms with Crippen LogP contribution in [0, 0.1) is 0 Å². The minimum Gasteiger partial charge on any atom is -0.504 e. The first-order chi connectivity index (χ1) is 5.88. The van der Waals surface area contributed by atoms with Gasteiger partial charge in [-0.3, -0.25) is 0 Å². The first-order valence-electron chi connectivity index (χ1n) is 3.09. The molecule has 7 heteroatoms. The summed E-state index contributed by atoms with van der Waals surface area (Å²) in [5.41, 5.74) is 0. The summed E-state index contributed by atoms with van der Waals surface area (Å²) in [6.45, 7) is 0. The molecule has 1 rings (SSSR count). The molecule has 0 spiro atoms. The van der Waals surface area contributed by atoms with Gasteiger partial charge in [0, 0.05) is 11.1 Å². The highest BCUT2D eigenvalue weighted by Crippen LogP contribution is 2.29. The SMILES string of the molecule is NS(=O)(=O)Oc1cc(Cl)ccc1O. The average Bonchev–Trinajstić information content (AvgIpc) is 1.94. The van der Waals surface area contributed by atoms with Crippen LogP contribution in [0.3, 0.4) is 0 Å². The molecule has 5 nitrogen and oxygen atoms in total. The van der Waals surface area contributed by atoms with Crippen molar-refractivity contribution >= 4 is 21.9 Å². The monoisotopic (exact) mass is 223 g/mol. The fourth-order valence-corrected chi connectivity index (χ4v) is 1.23. The third kappa shape index (κ3) is 3.10. The standard InChI is InChI=1S/C6H6ClNO4S/c7-4-1-2-5(9)6(3-4)12-13(8,10)11/h1-3,9H,(H2,8,10,11). The van der Waals surface area contributed by atoms with E-state index in [1.807, 2.05) is 0 Å². The molecule has 0 heterocycles. The number of phenols is 1. The van der Waals surface area contributed by atoms with Crippen molar-refractivity contribution in [2.24, 2.45) is 5.14 Å². The van der Waals surface area contributed by atoms with Crippen molar-refractivity contribution in [2.45, 2.75) is 0 Å². The van der Waals surface area contributed by atoms with Crippen LogP contribution in [0.4, 0.5) is 0 Å². The van der Waals surface area contributed by atoms with E-state index in [1.54, 1.807) is 0 Å². The van der Waals surface area contributed by atoms with Crippen LogP contribution in [0.15, 0.2) is 18.2 Å². The maximum absolute atomic E-state index is 10.5. The highest BCUT2D eigenvalue weighted by Gasteiger charge is 2.09. The van der Waals surface area contributed by atoms with Gasteiger partial charge in [0.25, 0.3) is 0 Å². The Balaban J connectivity index is 3.08. The van der Waals surface area contributed by atoms with Gasteiger partial charge >= 0.3 is 10.3 Å². The van der Waals surface area contributed by atoms with Crippen molar-refractivity contribution in [1.29, 1.82) is 0 Å². The molecule has 13 heavy (non-hydrogen) atoms. The zero-order valence-electron chi connectivity index (χ0n) is 6.27. The van der Waals surface area contributed by atoms with Crippen LogP contribution in [0.1, 0.15) is 0 Å². The minimum absolute atomic E-state index is 0.233. The van der Waals surface area contributed by atoms with Crippen LogP contribution in [0.25, 0.3) is 0 Å². The highest BCUT2D eigenvalue weighted by atomic mass is 35.5. The Labute approximate surface area is 80.0 Å². The van der Waals surface area contributed by atoms with Crippen LogP contribution in [0.2, 0.25) is 5.02 Å². The molecule has 1 aromatic carbocycles. The van der Waals surface area contributed by atoms with Crippen LogP contribution in [-0.4, -0.2) is 13.5 Å². The van der Waals surface area contributed by atoms with Crippen molar-refractivity contribution in [3.8, 4) is 11.5 Å². The maximum Gasteiger partial charge on any atom is 0.380 e. The summed E-state index contributed by atoms with van der Waals surface area (Å²) in [5, 5.41) is 13.9. The van der Waals surface area contributed by atoms with Gasteiger partial charge < -0.3 is 9.29 Å². The van der Waals surface area contributed by atoms with E-state index in [0.29, 0.717) is 0 Å². The minimum atomic E-state index is -4.14. The van der Waals surface area contributed by atoms with Crippen LogP contribution in [0.5, 0.6) is 11.5 Å². The zero-order chi connectivity index (χ0) is 10.1. The Kier molecular flexibility index (Phi) is 2.65. The number of phenolic OH excluding ortho intramolecular Hbond substituents is 1. The van der Waals surface area contributed by atoms with Gasteiger partial charge in [0.1, 0.15) is 0 Å². The summed E-state index contributed by atoms with van der Waals surface area (Å²) in [4.78, 5) is 0. The molecule has 72 valence electrons. The molecule has 0 radical (unpaired) electrons. The van der Waals surface area contributed by atoms with E-state index in [2.05, 4.69) is 9.32 Å². The predicted octanol–water partition coefficient (Wildman–Crippen LogP) is 0.628. The molecule has 0 saturated heterocycles. The Morgan fingerprint density at radius 3 is 2.62 bits per heavy atom. The third-order valence-electron chi connectivity index (χ3n) is 1.13. The molecular weight excluding hydrogens is 218 g/mol. The molecule has 0 aliphatic carbocycles. The number of rotatable bonds is 2. The molecule has 0 saturated carbocycles. The first-order valence-corrected chi connectivity index (χ1v) is 4.94. The quantitative estimate of drug-likeness (QED) is 0.770. The molecule has 0 amide bonds. The molecule has 0 unspecified atom stereocenters. The Hall–Kier alpha value is -0.980. The Morgan fingerprint density at radius 1 is 1.46 bits per heavy atom. The van der Waals surface area contributed by atoms with Crippen LogP contribution < -0.4 is 9.32 Å². The van der Waals surface area contributed by atoms with E-state index in [-0.39, 0.29) is 16.5 Å². The fraction of sp³-hybridized carbons (Fsp3) is 0. The highest BCUT2D eigenvalue weighted by molar-refractivity contribution is 7.84. The molecule has 0 aliphatic rings. The van der Waals surface area contributed by atoms with Gasteiger partial charge in [-0.2, -0.15) is 13.6 Å². The Morgan fingerprint density at radius 2 is 2.08 bits per heavy atom. The van der Waals surface area contributed by atoms with E-state index < -0.39 is 10.3 Å². The third-order valence-corrected chi connectivity index (χ3v) is 1.77. The maximum atomic E-state index is 10.5. The lowest BCUT2D eigenvalue weighted by Crippen LogP contribution is -2.18. The van der Waals surface area contributed by atoms with Gasteiger partial charge in [-0.25, -0.2) is 0 Å². The average molecular weight is 224 g/mol. The van der Waals surface area contributed by atoms with Gasteiger partial charge in [0.2, 0.25) is 0 Å². The molecule has 0 aromatic heterocycles.